The molecule has 3 nitrogen and oxygen atoms in total. The number of unbranched alkanes of at least 4 members (excludes halogenated alkanes) is 1. The Morgan fingerprint density at radius 2 is 2.12 bits per heavy atom. The van der Waals surface area contributed by atoms with Crippen LogP contribution < -0.4 is 5.32 Å². The van der Waals surface area contributed by atoms with Crippen LogP contribution in [-0.4, -0.2) is 50.8 Å². The van der Waals surface area contributed by atoms with Crippen LogP contribution in [0.5, 0.6) is 0 Å². The van der Waals surface area contributed by atoms with E-state index >= 15 is 0 Å². The van der Waals surface area contributed by atoms with Crippen molar-refractivity contribution in [3.8, 4) is 0 Å². The minimum Gasteiger partial charge on any atom is -0.380 e. The van der Waals surface area contributed by atoms with Gasteiger partial charge in [0.1, 0.15) is 0 Å². The standard InChI is InChI=1S/C14H30N2O/c1-3-4-12-17-13-11-16(2)10-8-14-7-5-6-9-15-14/h14-15H,3-13H2,1-2H3. The number of hydrogen-bond donors (Lipinski definition) is 1. The van der Waals surface area contributed by atoms with Gasteiger partial charge in [0, 0.05) is 19.2 Å². The first-order valence-electron chi connectivity index (χ1n) is 7.32. The van der Waals surface area contributed by atoms with E-state index in [1.54, 1.807) is 0 Å². The highest BCUT2D eigenvalue weighted by Crippen LogP contribution is 2.10. The minimum atomic E-state index is 0.757. The van der Waals surface area contributed by atoms with Crippen molar-refractivity contribution >= 4 is 0 Å². The van der Waals surface area contributed by atoms with Crippen LogP contribution in [0.15, 0.2) is 0 Å². The van der Waals surface area contributed by atoms with E-state index in [9.17, 15) is 0 Å². The molecule has 0 amide bonds. The lowest BCUT2D eigenvalue weighted by atomic mass is 10.0. The molecule has 102 valence electrons. The zero-order chi connectivity index (χ0) is 12.3. The molecule has 3 heteroatoms. The van der Waals surface area contributed by atoms with Gasteiger partial charge >= 0.3 is 0 Å². The molecule has 1 saturated heterocycles. The number of ether oxygens (including phenoxy) is 1. The summed E-state index contributed by atoms with van der Waals surface area (Å²) in [6.45, 7) is 7.48. The summed E-state index contributed by atoms with van der Waals surface area (Å²) in [6, 6.07) is 0.757. The molecule has 0 saturated carbocycles. The van der Waals surface area contributed by atoms with Gasteiger partial charge in [-0.25, -0.2) is 0 Å². The number of hydrogen-bond acceptors (Lipinski definition) is 3. The van der Waals surface area contributed by atoms with Crippen molar-refractivity contribution in [2.24, 2.45) is 0 Å². The Kier molecular flexibility index (Phi) is 8.67. The summed E-state index contributed by atoms with van der Waals surface area (Å²) in [7, 11) is 2.20. The van der Waals surface area contributed by atoms with E-state index in [4.69, 9.17) is 4.74 Å². The van der Waals surface area contributed by atoms with Crippen molar-refractivity contribution in [3.63, 3.8) is 0 Å². The van der Waals surface area contributed by atoms with Gasteiger partial charge < -0.3 is 15.0 Å². The number of nitrogens with zero attached hydrogens (tertiary/aromatic N) is 1. The van der Waals surface area contributed by atoms with Crippen molar-refractivity contribution in [3.05, 3.63) is 0 Å². The van der Waals surface area contributed by atoms with Crippen molar-refractivity contribution < 1.29 is 4.74 Å². The van der Waals surface area contributed by atoms with Crippen LogP contribution in [-0.2, 0) is 4.74 Å². The first-order valence-corrected chi connectivity index (χ1v) is 7.32. The fourth-order valence-corrected chi connectivity index (χ4v) is 2.23. The molecule has 0 bridgehead atoms. The molecule has 0 aromatic rings. The number of rotatable bonds is 9. The van der Waals surface area contributed by atoms with Gasteiger partial charge in [0.25, 0.3) is 0 Å². The van der Waals surface area contributed by atoms with Gasteiger partial charge in [-0.05, 0) is 45.8 Å². The molecule has 17 heavy (non-hydrogen) atoms. The molecule has 1 aliphatic rings. The first-order chi connectivity index (χ1) is 8.33. The highest BCUT2D eigenvalue weighted by atomic mass is 16.5. The Bertz CT molecular complexity index is 170. The molecule has 1 N–H and O–H groups in total. The Morgan fingerprint density at radius 1 is 1.24 bits per heavy atom. The minimum absolute atomic E-state index is 0.757. The van der Waals surface area contributed by atoms with Gasteiger partial charge in [0.2, 0.25) is 0 Å². The summed E-state index contributed by atoms with van der Waals surface area (Å²) in [5.41, 5.74) is 0. The van der Waals surface area contributed by atoms with E-state index in [0.29, 0.717) is 0 Å². The SMILES string of the molecule is CCCCOCCN(C)CCC1CCCCN1. The number of nitrogens with one attached hydrogen (secondary N) is 1. The molecule has 1 unspecified atom stereocenters. The first kappa shape index (κ1) is 14.9. The molecule has 0 spiro atoms. The van der Waals surface area contributed by atoms with E-state index in [2.05, 4.69) is 24.2 Å². The molecule has 1 aliphatic heterocycles. The monoisotopic (exact) mass is 242 g/mol. The average Bonchev–Trinajstić information content (AvgIpc) is 2.37. The van der Waals surface area contributed by atoms with E-state index in [0.717, 1.165) is 25.8 Å². The van der Waals surface area contributed by atoms with Crippen molar-refractivity contribution in [1.29, 1.82) is 0 Å². The van der Waals surface area contributed by atoms with Gasteiger partial charge in [-0.1, -0.05) is 19.8 Å². The van der Waals surface area contributed by atoms with E-state index < -0.39 is 0 Å². The molecule has 0 aromatic heterocycles. The third kappa shape index (κ3) is 7.74. The van der Waals surface area contributed by atoms with E-state index in [-0.39, 0.29) is 0 Å². The Morgan fingerprint density at radius 3 is 2.82 bits per heavy atom. The molecule has 1 atom stereocenters. The summed E-state index contributed by atoms with van der Waals surface area (Å²) in [5, 5.41) is 3.60. The molecule has 1 rings (SSSR count). The topological polar surface area (TPSA) is 24.5 Å². The summed E-state index contributed by atoms with van der Waals surface area (Å²) >= 11 is 0. The van der Waals surface area contributed by atoms with Crippen molar-refractivity contribution in [2.75, 3.05) is 39.9 Å². The van der Waals surface area contributed by atoms with Gasteiger partial charge in [-0.2, -0.15) is 0 Å². The Hall–Kier alpha value is -0.120. The fraction of sp³-hybridized carbons (Fsp3) is 1.00. The molecule has 1 heterocycles. The molecule has 1 fully saturated rings. The van der Waals surface area contributed by atoms with Gasteiger partial charge in [-0.15, -0.1) is 0 Å². The van der Waals surface area contributed by atoms with Crippen LogP contribution in [0.2, 0.25) is 0 Å². The second-order valence-electron chi connectivity index (χ2n) is 5.20. The average molecular weight is 242 g/mol. The van der Waals surface area contributed by atoms with Crippen molar-refractivity contribution in [1.82, 2.24) is 10.2 Å². The lowest BCUT2D eigenvalue weighted by molar-refractivity contribution is 0.107. The van der Waals surface area contributed by atoms with Crippen LogP contribution >= 0.6 is 0 Å². The van der Waals surface area contributed by atoms with Crippen LogP contribution in [0.4, 0.5) is 0 Å². The fourth-order valence-electron chi connectivity index (χ4n) is 2.23. The highest BCUT2D eigenvalue weighted by molar-refractivity contribution is 4.73. The van der Waals surface area contributed by atoms with Crippen molar-refractivity contribution in [2.45, 2.75) is 51.5 Å². The summed E-state index contributed by atoms with van der Waals surface area (Å²) in [6.07, 6.45) is 7.82. The predicted octanol–water partition coefficient (Wildman–Crippen LogP) is 2.27. The second kappa shape index (κ2) is 9.86. The molecular formula is C14H30N2O. The molecule has 0 radical (unpaired) electrons. The molecule has 0 aromatic carbocycles. The van der Waals surface area contributed by atoms with E-state index in [1.807, 2.05) is 0 Å². The van der Waals surface area contributed by atoms with Gasteiger partial charge in [-0.3, -0.25) is 0 Å². The van der Waals surface area contributed by atoms with Gasteiger partial charge in [0.05, 0.1) is 6.61 Å². The molecule has 0 aliphatic carbocycles. The van der Waals surface area contributed by atoms with Crippen LogP contribution in [0.25, 0.3) is 0 Å². The third-order valence-electron chi connectivity index (χ3n) is 3.53. The molecular weight excluding hydrogens is 212 g/mol. The van der Waals surface area contributed by atoms with Crippen LogP contribution in [0.1, 0.15) is 45.4 Å². The largest absolute Gasteiger partial charge is 0.380 e. The lowest BCUT2D eigenvalue weighted by Gasteiger charge is -2.25. The van der Waals surface area contributed by atoms with Crippen LogP contribution in [0, 0.1) is 0 Å². The normalized spacial score (nSPS) is 21.0. The predicted molar refractivity (Wildman–Crippen MR) is 73.5 cm³/mol. The quantitative estimate of drug-likeness (QED) is 0.628. The van der Waals surface area contributed by atoms with E-state index in [1.165, 1.54) is 51.6 Å². The lowest BCUT2D eigenvalue weighted by Crippen LogP contribution is -2.37. The summed E-state index contributed by atoms with van der Waals surface area (Å²) in [4.78, 5) is 2.39. The Balaban J connectivity index is 1.91. The maximum absolute atomic E-state index is 5.58. The smallest absolute Gasteiger partial charge is 0.0593 e. The maximum Gasteiger partial charge on any atom is 0.0593 e. The maximum atomic E-state index is 5.58. The van der Waals surface area contributed by atoms with Crippen LogP contribution in [0.3, 0.4) is 0 Å². The van der Waals surface area contributed by atoms with Gasteiger partial charge in [0.15, 0.2) is 0 Å². The third-order valence-corrected chi connectivity index (χ3v) is 3.53. The Labute approximate surface area is 107 Å². The number of piperidine rings is 1. The zero-order valence-electron chi connectivity index (χ0n) is 11.7. The zero-order valence-corrected chi connectivity index (χ0v) is 11.7. The summed E-state index contributed by atoms with van der Waals surface area (Å²) in [5.74, 6) is 0. The second-order valence-corrected chi connectivity index (χ2v) is 5.20. The highest BCUT2D eigenvalue weighted by Gasteiger charge is 2.12. The number of likely N-dealkylation sites (N-methyl/N-ethyl adjacent to an activating group) is 1. The summed E-state index contributed by atoms with van der Waals surface area (Å²) < 4.78 is 5.58.